The minimum Gasteiger partial charge on any atom is -0.255 e. The van der Waals surface area contributed by atoms with Crippen LogP contribution in [0.2, 0.25) is 10.0 Å². The molecular formula is C15H7Cl2F3N2O2S. The van der Waals surface area contributed by atoms with Crippen LogP contribution in [0.3, 0.4) is 0 Å². The van der Waals surface area contributed by atoms with Gasteiger partial charge in [-0.05, 0) is 36.4 Å². The molecule has 0 aliphatic carbocycles. The molecule has 2 aromatic rings. The van der Waals surface area contributed by atoms with Crippen LogP contribution in [0.4, 0.5) is 13.2 Å². The fourth-order valence-corrected chi connectivity index (χ4v) is 3.23. The lowest BCUT2D eigenvalue weighted by molar-refractivity contribution is -0.137. The first kappa shape index (κ1) is 19.2. The quantitative estimate of drug-likeness (QED) is 0.689. The van der Waals surface area contributed by atoms with Crippen molar-refractivity contribution in [3.8, 4) is 6.07 Å². The highest BCUT2D eigenvalue weighted by atomic mass is 35.5. The number of nitrogens with zero attached hydrogens (tertiary/aromatic N) is 2. The van der Waals surface area contributed by atoms with Gasteiger partial charge in [0.1, 0.15) is 6.07 Å². The van der Waals surface area contributed by atoms with E-state index in [0.717, 1.165) is 6.08 Å². The van der Waals surface area contributed by atoms with E-state index in [4.69, 9.17) is 28.5 Å². The highest BCUT2D eigenvalue weighted by Gasteiger charge is 2.31. The molecule has 0 amide bonds. The molecule has 0 aliphatic heterocycles. The average molecular weight is 407 g/mol. The van der Waals surface area contributed by atoms with Crippen molar-refractivity contribution in [1.29, 1.82) is 5.26 Å². The standard InChI is InChI=1S/C15H7Cl2F3N2O2S/c16-10-1-3-11(4-2-10)25(23,24)12(7-21)6-14-13(17)5-9(8-22-14)15(18,19)20/h1-6,8H. The highest BCUT2D eigenvalue weighted by Crippen LogP contribution is 2.32. The van der Waals surface area contributed by atoms with Crippen molar-refractivity contribution in [3.63, 3.8) is 0 Å². The van der Waals surface area contributed by atoms with E-state index in [-0.39, 0.29) is 10.6 Å². The Morgan fingerprint density at radius 3 is 2.28 bits per heavy atom. The molecular weight excluding hydrogens is 400 g/mol. The van der Waals surface area contributed by atoms with Gasteiger partial charge in [0.2, 0.25) is 9.84 Å². The van der Waals surface area contributed by atoms with Gasteiger partial charge >= 0.3 is 6.18 Å². The number of sulfone groups is 1. The molecule has 10 heteroatoms. The van der Waals surface area contributed by atoms with E-state index in [1.807, 2.05) is 0 Å². The number of hydrogen-bond acceptors (Lipinski definition) is 4. The summed E-state index contributed by atoms with van der Waals surface area (Å²) < 4.78 is 62.7. The summed E-state index contributed by atoms with van der Waals surface area (Å²) in [7, 11) is -4.20. The molecule has 0 N–H and O–H groups in total. The van der Waals surface area contributed by atoms with Gasteiger partial charge in [0.05, 0.1) is 21.2 Å². The summed E-state index contributed by atoms with van der Waals surface area (Å²) in [5.41, 5.74) is -1.36. The Kier molecular flexibility index (Phi) is 5.42. The summed E-state index contributed by atoms with van der Waals surface area (Å²) in [4.78, 5) is 2.57. The number of allylic oxidation sites excluding steroid dienone is 1. The van der Waals surface area contributed by atoms with E-state index in [9.17, 15) is 21.6 Å². The summed E-state index contributed by atoms with van der Waals surface area (Å²) in [6, 6.07) is 7.15. The molecule has 1 aromatic carbocycles. The lowest BCUT2D eigenvalue weighted by Gasteiger charge is -2.08. The molecule has 0 aliphatic rings. The molecule has 130 valence electrons. The molecule has 2 rings (SSSR count). The Morgan fingerprint density at radius 1 is 1.20 bits per heavy atom. The van der Waals surface area contributed by atoms with Gasteiger partial charge in [-0.15, -0.1) is 0 Å². The zero-order valence-electron chi connectivity index (χ0n) is 12.1. The third kappa shape index (κ3) is 4.31. The maximum Gasteiger partial charge on any atom is 0.417 e. The van der Waals surface area contributed by atoms with Crippen LogP contribution in [0.5, 0.6) is 0 Å². The van der Waals surface area contributed by atoms with Crippen LogP contribution in [-0.2, 0) is 16.0 Å². The lowest BCUT2D eigenvalue weighted by atomic mass is 10.2. The minimum atomic E-state index is -4.65. The van der Waals surface area contributed by atoms with E-state index in [1.165, 1.54) is 30.3 Å². The van der Waals surface area contributed by atoms with Crippen molar-refractivity contribution in [2.24, 2.45) is 0 Å². The van der Waals surface area contributed by atoms with E-state index in [1.54, 1.807) is 0 Å². The van der Waals surface area contributed by atoms with E-state index < -0.39 is 31.5 Å². The van der Waals surface area contributed by atoms with E-state index in [2.05, 4.69) is 4.98 Å². The van der Waals surface area contributed by atoms with Crippen LogP contribution >= 0.6 is 23.2 Å². The topological polar surface area (TPSA) is 70.8 Å². The van der Waals surface area contributed by atoms with Crippen molar-refractivity contribution in [1.82, 2.24) is 4.98 Å². The average Bonchev–Trinajstić information content (AvgIpc) is 2.53. The van der Waals surface area contributed by atoms with Gasteiger partial charge < -0.3 is 0 Å². The van der Waals surface area contributed by atoms with Crippen molar-refractivity contribution in [2.75, 3.05) is 0 Å². The smallest absolute Gasteiger partial charge is 0.255 e. The van der Waals surface area contributed by atoms with Gasteiger partial charge in [-0.25, -0.2) is 8.42 Å². The summed E-state index contributed by atoms with van der Waals surface area (Å²) in [6.07, 6.45) is -3.33. The largest absolute Gasteiger partial charge is 0.417 e. The molecule has 0 bridgehead atoms. The summed E-state index contributed by atoms with van der Waals surface area (Å²) in [6.45, 7) is 0. The van der Waals surface area contributed by atoms with Gasteiger partial charge in [0, 0.05) is 11.2 Å². The Bertz CT molecular complexity index is 979. The molecule has 0 saturated carbocycles. The predicted molar refractivity (Wildman–Crippen MR) is 86.5 cm³/mol. The summed E-state index contributed by atoms with van der Waals surface area (Å²) in [5.74, 6) is 0. The molecule has 0 radical (unpaired) electrons. The molecule has 1 aromatic heterocycles. The molecule has 4 nitrogen and oxygen atoms in total. The maximum absolute atomic E-state index is 12.6. The van der Waals surface area contributed by atoms with Crippen molar-refractivity contribution >= 4 is 39.1 Å². The number of alkyl halides is 3. The van der Waals surface area contributed by atoms with Gasteiger partial charge in [0.15, 0.2) is 4.91 Å². The Labute approximate surface area is 151 Å². The Hall–Kier alpha value is -2.08. The molecule has 0 saturated heterocycles. The molecule has 1 heterocycles. The maximum atomic E-state index is 12.6. The zero-order valence-corrected chi connectivity index (χ0v) is 14.4. The second kappa shape index (κ2) is 7.04. The third-order valence-electron chi connectivity index (χ3n) is 2.99. The number of aromatic nitrogens is 1. The van der Waals surface area contributed by atoms with Gasteiger partial charge in [0.25, 0.3) is 0 Å². The SMILES string of the molecule is N#CC(=Cc1ncc(C(F)(F)F)cc1Cl)S(=O)(=O)c1ccc(Cl)cc1. The number of nitriles is 1. The monoisotopic (exact) mass is 406 g/mol. The van der Waals surface area contributed by atoms with Crippen LogP contribution in [0.15, 0.2) is 46.3 Å². The number of benzene rings is 1. The van der Waals surface area contributed by atoms with Crippen molar-refractivity contribution < 1.29 is 21.6 Å². The van der Waals surface area contributed by atoms with Crippen molar-refractivity contribution in [3.05, 3.63) is 62.7 Å². The Morgan fingerprint density at radius 2 is 1.80 bits per heavy atom. The molecule has 0 unspecified atom stereocenters. The first-order valence-corrected chi connectivity index (χ1v) is 8.65. The summed E-state index contributed by atoms with van der Waals surface area (Å²) in [5, 5.41) is 9.00. The van der Waals surface area contributed by atoms with E-state index in [0.29, 0.717) is 17.3 Å². The molecule has 0 atom stereocenters. The van der Waals surface area contributed by atoms with Gasteiger partial charge in [-0.3, -0.25) is 4.98 Å². The molecule has 0 spiro atoms. The highest BCUT2D eigenvalue weighted by molar-refractivity contribution is 7.95. The Balaban J connectivity index is 2.51. The normalized spacial score (nSPS) is 12.7. The first-order valence-electron chi connectivity index (χ1n) is 6.41. The number of pyridine rings is 1. The first-order chi connectivity index (χ1) is 11.6. The number of halogens is 5. The van der Waals surface area contributed by atoms with Crippen LogP contribution in [-0.4, -0.2) is 13.4 Å². The fraction of sp³-hybridized carbons (Fsp3) is 0.0667. The second-order valence-corrected chi connectivity index (χ2v) is 7.43. The van der Waals surface area contributed by atoms with Crippen molar-refractivity contribution in [2.45, 2.75) is 11.1 Å². The zero-order chi connectivity index (χ0) is 18.8. The lowest BCUT2D eigenvalue weighted by Crippen LogP contribution is -2.07. The van der Waals surface area contributed by atoms with Crippen LogP contribution in [0, 0.1) is 11.3 Å². The minimum absolute atomic E-state index is 0.201. The molecule has 25 heavy (non-hydrogen) atoms. The second-order valence-electron chi connectivity index (χ2n) is 4.67. The van der Waals surface area contributed by atoms with E-state index >= 15 is 0 Å². The van der Waals surface area contributed by atoms with Gasteiger partial charge in [-0.1, -0.05) is 23.2 Å². The third-order valence-corrected chi connectivity index (χ3v) is 5.22. The fourth-order valence-electron chi connectivity index (χ4n) is 1.74. The number of hydrogen-bond donors (Lipinski definition) is 0. The number of rotatable bonds is 3. The molecule has 0 fully saturated rings. The van der Waals surface area contributed by atoms with Gasteiger partial charge in [-0.2, -0.15) is 18.4 Å². The predicted octanol–water partition coefficient (Wildman–Crippen LogP) is 4.75. The summed E-state index contributed by atoms with van der Waals surface area (Å²) >= 11 is 11.4. The van der Waals surface area contributed by atoms with Crippen LogP contribution in [0.25, 0.3) is 6.08 Å². The van der Waals surface area contributed by atoms with Crippen LogP contribution < -0.4 is 0 Å². The van der Waals surface area contributed by atoms with Crippen LogP contribution in [0.1, 0.15) is 11.3 Å².